The van der Waals surface area contributed by atoms with E-state index in [-0.39, 0.29) is 25.7 Å². The zero-order valence-electron chi connectivity index (χ0n) is 60.0. The quantitative estimate of drug-likeness (QED) is 0.0222. The maximum absolute atomic E-state index is 13.1. The number of unbranched alkanes of at least 4 members (excludes halogenated alkanes) is 39. The van der Waals surface area contributed by atoms with Gasteiger partial charge in [-0.05, 0) is 43.4 Å². The van der Waals surface area contributed by atoms with Crippen LogP contribution in [0.1, 0.15) is 370 Å². The average Bonchev–Trinajstić information content (AvgIpc) is 2.77. The summed E-state index contributed by atoms with van der Waals surface area (Å²) in [4.78, 5) is 72.6. The molecule has 0 saturated heterocycles. The van der Waals surface area contributed by atoms with Crippen LogP contribution in [0, 0.1) is 17.8 Å². The smallest absolute Gasteiger partial charge is 0.462 e. The predicted octanol–water partition coefficient (Wildman–Crippen LogP) is 21.0. The minimum absolute atomic E-state index is 0.102. The second-order valence-corrected chi connectivity index (χ2v) is 30.7. The third kappa shape index (κ3) is 66.7. The lowest BCUT2D eigenvalue weighted by Gasteiger charge is -2.21. The minimum Gasteiger partial charge on any atom is -0.462 e. The fourth-order valence-corrected chi connectivity index (χ4v) is 12.7. The molecule has 0 spiro atoms. The molecule has 19 heteroatoms. The van der Waals surface area contributed by atoms with Gasteiger partial charge in [0, 0.05) is 25.7 Å². The van der Waals surface area contributed by atoms with Gasteiger partial charge in [0.15, 0.2) is 12.2 Å². The molecule has 0 aromatic rings. The molecule has 2 unspecified atom stereocenters. The lowest BCUT2D eigenvalue weighted by molar-refractivity contribution is -0.161. The van der Waals surface area contributed by atoms with Crippen LogP contribution in [0.2, 0.25) is 0 Å². The molecule has 0 aliphatic carbocycles. The summed E-state index contributed by atoms with van der Waals surface area (Å²) in [5, 5.41) is 10.6. The number of hydrogen-bond acceptors (Lipinski definition) is 15. The highest BCUT2D eigenvalue weighted by Crippen LogP contribution is 2.45. The van der Waals surface area contributed by atoms with Crippen molar-refractivity contribution in [2.24, 2.45) is 17.8 Å². The van der Waals surface area contributed by atoms with Crippen molar-refractivity contribution in [3.8, 4) is 0 Å². The molecule has 17 nitrogen and oxygen atoms in total. The van der Waals surface area contributed by atoms with Gasteiger partial charge in [0.2, 0.25) is 0 Å². The number of aliphatic hydroxyl groups is 1. The Bertz CT molecular complexity index is 1800. The molecular formula is C73H142O17P2. The van der Waals surface area contributed by atoms with Crippen LogP contribution in [0.4, 0.5) is 0 Å². The van der Waals surface area contributed by atoms with Crippen LogP contribution in [0.3, 0.4) is 0 Å². The SMILES string of the molecule is CCCCCCCCCCCC(=O)OC[C@H](COP(=O)(O)OC[C@H](O)COP(=O)(O)OC[C@@H](COC(=O)CCCCCCCCCCCCCCCCC(C)C)OC(=O)CCCCCCCCCCCCCCCCC(C)C)OC(=O)CCCCCCCCC(C)C. The zero-order valence-corrected chi connectivity index (χ0v) is 61.8. The Morgan fingerprint density at radius 1 is 0.293 bits per heavy atom. The van der Waals surface area contributed by atoms with E-state index in [1.807, 2.05) is 0 Å². The summed E-state index contributed by atoms with van der Waals surface area (Å²) >= 11 is 0. The van der Waals surface area contributed by atoms with E-state index in [0.717, 1.165) is 102 Å². The van der Waals surface area contributed by atoms with Gasteiger partial charge in [0.05, 0.1) is 26.4 Å². The van der Waals surface area contributed by atoms with Gasteiger partial charge >= 0.3 is 39.5 Å². The predicted molar refractivity (Wildman–Crippen MR) is 372 cm³/mol. The summed E-state index contributed by atoms with van der Waals surface area (Å²) in [5.74, 6) is 0.137. The largest absolute Gasteiger partial charge is 0.472 e. The Kier molecular flexibility index (Phi) is 62.4. The van der Waals surface area contributed by atoms with Gasteiger partial charge in [-0.2, -0.15) is 0 Å². The molecule has 0 radical (unpaired) electrons. The van der Waals surface area contributed by atoms with Crippen LogP contribution in [0.25, 0.3) is 0 Å². The highest BCUT2D eigenvalue weighted by molar-refractivity contribution is 7.47. The number of phosphoric acid groups is 2. The first-order chi connectivity index (χ1) is 44.2. The van der Waals surface area contributed by atoms with E-state index in [1.54, 1.807) is 0 Å². The van der Waals surface area contributed by atoms with Crippen molar-refractivity contribution in [1.29, 1.82) is 0 Å². The number of hydrogen-bond donors (Lipinski definition) is 3. The second kappa shape index (κ2) is 63.8. The van der Waals surface area contributed by atoms with E-state index in [4.69, 9.17) is 37.0 Å². The van der Waals surface area contributed by atoms with Crippen molar-refractivity contribution in [3.63, 3.8) is 0 Å². The summed E-state index contributed by atoms with van der Waals surface area (Å²) in [6, 6.07) is 0. The van der Waals surface area contributed by atoms with E-state index in [2.05, 4.69) is 48.5 Å². The number of ether oxygens (including phenoxy) is 4. The maximum Gasteiger partial charge on any atom is 0.472 e. The molecule has 0 aliphatic heterocycles. The van der Waals surface area contributed by atoms with Crippen molar-refractivity contribution in [2.75, 3.05) is 39.6 Å². The number of carbonyl (C=O) groups excluding carboxylic acids is 4. The van der Waals surface area contributed by atoms with Gasteiger partial charge in [0.1, 0.15) is 19.3 Å². The third-order valence-electron chi connectivity index (χ3n) is 16.9. The molecule has 0 fully saturated rings. The Morgan fingerprint density at radius 2 is 0.500 bits per heavy atom. The number of phosphoric ester groups is 2. The van der Waals surface area contributed by atoms with Crippen molar-refractivity contribution in [3.05, 3.63) is 0 Å². The molecule has 546 valence electrons. The molecule has 0 bridgehead atoms. The van der Waals surface area contributed by atoms with E-state index < -0.39 is 97.5 Å². The normalized spacial score (nSPS) is 14.1. The third-order valence-corrected chi connectivity index (χ3v) is 18.8. The first kappa shape index (κ1) is 90.1. The van der Waals surface area contributed by atoms with Crippen LogP contribution in [-0.2, 0) is 65.4 Å². The Hall–Kier alpha value is -1.94. The Morgan fingerprint density at radius 3 is 0.739 bits per heavy atom. The average molecular weight is 1350 g/mol. The molecule has 92 heavy (non-hydrogen) atoms. The lowest BCUT2D eigenvalue weighted by atomic mass is 10.0. The topological polar surface area (TPSA) is 237 Å². The number of rotatable bonds is 71. The summed E-state index contributed by atoms with van der Waals surface area (Å²) in [6.07, 6.45) is 48.8. The molecule has 0 aliphatic rings. The monoisotopic (exact) mass is 1350 g/mol. The van der Waals surface area contributed by atoms with Gasteiger partial charge in [-0.3, -0.25) is 37.3 Å². The summed E-state index contributed by atoms with van der Waals surface area (Å²) < 4.78 is 68.3. The number of carbonyl (C=O) groups is 4. The molecule has 0 heterocycles. The molecule has 0 aromatic heterocycles. The number of aliphatic hydroxyl groups excluding tert-OH is 1. The Balaban J connectivity index is 5.20. The molecule has 3 N–H and O–H groups in total. The van der Waals surface area contributed by atoms with Crippen LogP contribution in [0.5, 0.6) is 0 Å². The highest BCUT2D eigenvalue weighted by Gasteiger charge is 2.30. The van der Waals surface area contributed by atoms with E-state index in [9.17, 15) is 43.2 Å². The molecular weight excluding hydrogens is 1210 g/mol. The molecule has 0 amide bonds. The number of esters is 4. The van der Waals surface area contributed by atoms with Crippen molar-refractivity contribution in [2.45, 2.75) is 388 Å². The zero-order chi connectivity index (χ0) is 68.0. The maximum atomic E-state index is 13.1. The minimum atomic E-state index is -4.95. The van der Waals surface area contributed by atoms with Gasteiger partial charge in [-0.15, -0.1) is 0 Å². The van der Waals surface area contributed by atoms with Crippen molar-refractivity contribution >= 4 is 39.5 Å². The van der Waals surface area contributed by atoms with Gasteiger partial charge in [0.25, 0.3) is 0 Å². The summed E-state index contributed by atoms with van der Waals surface area (Å²) in [7, 11) is -9.90. The van der Waals surface area contributed by atoms with E-state index >= 15 is 0 Å². The van der Waals surface area contributed by atoms with Crippen LogP contribution < -0.4 is 0 Å². The van der Waals surface area contributed by atoms with Crippen LogP contribution in [-0.4, -0.2) is 96.7 Å². The highest BCUT2D eigenvalue weighted by atomic mass is 31.2. The lowest BCUT2D eigenvalue weighted by Crippen LogP contribution is -2.30. The van der Waals surface area contributed by atoms with Crippen molar-refractivity contribution < 1.29 is 80.2 Å². The molecule has 5 atom stereocenters. The summed E-state index contributed by atoms with van der Waals surface area (Å²) in [6.45, 7) is 11.8. The van der Waals surface area contributed by atoms with Crippen LogP contribution >= 0.6 is 15.6 Å². The van der Waals surface area contributed by atoms with E-state index in [0.29, 0.717) is 31.6 Å². The summed E-state index contributed by atoms with van der Waals surface area (Å²) in [5.41, 5.74) is 0. The van der Waals surface area contributed by atoms with Crippen molar-refractivity contribution in [1.82, 2.24) is 0 Å². The van der Waals surface area contributed by atoms with E-state index in [1.165, 1.54) is 180 Å². The fourth-order valence-electron chi connectivity index (χ4n) is 11.1. The standard InChI is InChI=1S/C73H142O17P2/c1-8-9-10-11-12-25-32-40-47-54-70(75)83-61-69(90-73(78)57-50-43-36-35-39-46-53-66(6)7)63-88-92(81,82)86-59-67(74)58-85-91(79,80)87-62-68(89-72(77)56-49-42-34-29-24-20-16-14-18-22-27-31-38-45-52-65(4)5)60-84-71(76)55-48-41-33-28-23-19-15-13-17-21-26-30-37-44-51-64(2)3/h64-69,74H,8-63H2,1-7H3,(H,79,80)(H,81,82)/t67-,68-,69-/m1/s1. The van der Waals surface area contributed by atoms with Gasteiger partial charge in [-0.25, -0.2) is 9.13 Å². The molecule has 0 aromatic carbocycles. The first-order valence-corrected chi connectivity index (χ1v) is 40.8. The second-order valence-electron chi connectivity index (χ2n) is 27.8. The molecule has 0 saturated carbocycles. The molecule has 0 rings (SSSR count). The van der Waals surface area contributed by atoms with Crippen LogP contribution in [0.15, 0.2) is 0 Å². The Labute approximate surface area is 562 Å². The fraction of sp³-hybridized carbons (Fsp3) is 0.945. The first-order valence-electron chi connectivity index (χ1n) is 37.8. The van der Waals surface area contributed by atoms with Gasteiger partial charge < -0.3 is 33.8 Å². The van der Waals surface area contributed by atoms with Gasteiger partial charge in [-0.1, -0.05) is 318 Å².